The molecular weight excluding hydrogens is 332 g/mol. The Bertz CT molecular complexity index is 878. The van der Waals surface area contributed by atoms with E-state index in [0.717, 1.165) is 0 Å². The van der Waals surface area contributed by atoms with Crippen molar-refractivity contribution in [1.29, 1.82) is 0 Å². The summed E-state index contributed by atoms with van der Waals surface area (Å²) in [5.41, 5.74) is 0.746. The lowest BCUT2D eigenvalue weighted by Gasteiger charge is -2.23. The van der Waals surface area contributed by atoms with Crippen LogP contribution in [0.3, 0.4) is 0 Å². The Hall–Kier alpha value is -2.74. The van der Waals surface area contributed by atoms with Gasteiger partial charge in [-0.05, 0) is 49.4 Å². The number of amides is 1. The summed E-state index contributed by atoms with van der Waals surface area (Å²) >= 11 is 0. The van der Waals surface area contributed by atoms with Gasteiger partial charge in [0.25, 0.3) is 15.9 Å². The number of ether oxygens (including phenoxy) is 2. The molecule has 0 aromatic heterocycles. The van der Waals surface area contributed by atoms with E-state index in [9.17, 15) is 13.2 Å². The summed E-state index contributed by atoms with van der Waals surface area (Å²) in [6.07, 6.45) is -0.584. The predicted octanol–water partition coefficient (Wildman–Crippen LogP) is 2.22. The van der Waals surface area contributed by atoms with Crippen molar-refractivity contribution in [3.63, 3.8) is 0 Å². The van der Waals surface area contributed by atoms with Crippen molar-refractivity contribution >= 4 is 27.3 Å². The molecule has 1 atom stereocenters. The topological polar surface area (TPSA) is 93.7 Å². The minimum absolute atomic E-state index is 0.106. The molecule has 2 aromatic carbocycles. The first kappa shape index (κ1) is 16.1. The molecule has 0 saturated heterocycles. The van der Waals surface area contributed by atoms with Gasteiger partial charge in [-0.2, -0.15) is 0 Å². The smallest absolute Gasteiger partial charge is 0.265 e. The van der Waals surface area contributed by atoms with Crippen molar-refractivity contribution in [2.75, 3.05) is 17.1 Å². The molecule has 1 heterocycles. The summed E-state index contributed by atoms with van der Waals surface area (Å²) in [7, 11) is -2.24. The summed E-state index contributed by atoms with van der Waals surface area (Å²) in [4.78, 5) is 11.8. The van der Waals surface area contributed by atoms with Crippen molar-refractivity contribution in [3.8, 4) is 11.5 Å². The van der Waals surface area contributed by atoms with Gasteiger partial charge >= 0.3 is 0 Å². The molecule has 24 heavy (non-hydrogen) atoms. The molecule has 0 saturated carbocycles. The molecular formula is C16H16N2O5S. The number of carbonyl (C=O) groups is 1. The lowest BCUT2D eigenvalue weighted by atomic mass is 10.2. The van der Waals surface area contributed by atoms with Crippen LogP contribution in [0.4, 0.5) is 11.4 Å². The highest BCUT2D eigenvalue weighted by Crippen LogP contribution is 2.32. The van der Waals surface area contributed by atoms with E-state index < -0.39 is 16.1 Å². The molecule has 2 aromatic rings. The van der Waals surface area contributed by atoms with E-state index in [1.807, 2.05) is 0 Å². The first-order valence-corrected chi connectivity index (χ1v) is 8.66. The fraction of sp³-hybridized carbons (Fsp3) is 0.188. The van der Waals surface area contributed by atoms with Gasteiger partial charge in [0.2, 0.25) is 0 Å². The lowest BCUT2D eigenvalue weighted by molar-refractivity contribution is -0.122. The zero-order valence-corrected chi connectivity index (χ0v) is 13.9. The first-order valence-electron chi connectivity index (χ1n) is 7.17. The second kappa shape index (κ2) is 6.04. The molecule has 3 rings (SSSR count). The van der Waals surface area contributed by atoms with E-state index in [2.05, 4.69) is 10.0 Å². The van der Waals surface area contributed by atoms with Crippen LogP contribution in [0.25, 0.3) is 0 Å². The average molecular weight is 348 g/mol. The zero-order chi connectivity index (χ0) is 17.3. The lowest BCUT2D eigenvalue weighted by Crippen LogP contribution is -2.34. The van der Waals surface area contributed by atoms with Crippen molar-refractivity contribution in [2.45, 2.75) is 17.9 Å². The fourth-order valence-electron chi connectivity index (χ4n) is 2.24. The van der Waals surface area contributed by atoms with Crippen LogP contribution in [0.15, 0.2) is 47.4 Å². The maximum atomic E-state index is 12.4. The molecule has 8 heteroatoms. The molecule has 0 fully saturated rings. The van der Waals surface area contributed by atoms with Crippen molar-refractivity contribution in [1.82, 2.24) is 0 Å². The highest BCUT2D eigenvalue weighted by atomic mass is 32.2. The molecule has 1 aliphatic heterocycles. The third kappa shape index (κ3) is 3.13. The van der Waals surface area contributed by atoms with Crippen LogP contribution >= 0.6 is 0 Å². The summed E-state index contributed by atoms with van der Waals surface area (Å²) in [6.45, 7) is 1.64. The highest BCUT2D eigenvalue weighted by Gasteiger charge is 2.24. The summed E-state index contributed by atoms with van der Waals surface area (Å²) in [5, 5.41) is 2.68. The first-order chi connectivity index (χ1) is 11.4. The Morgan fingerprint density at radius 3 is 2.54 bits per heavy atom. The Morgan fingerprint density at radius 2 is 1.88 bits per heavy atom. The Morgan fingerprint density at radius 1 is 1.17 bits per heavy atom. The highest BCUT2D eigenvalue weighted by molar-refractivity contribution is 7.92. The molecule has 0 bridgehead atoms. The molecule has 2 N–H and O–H groups in total. The molecule has 0 spiro atoms. The van der Waals surface area contributed by atoms with Crippen LogP contribution in [-0.4, -0.2) is 27.5 Å². The van der Waals surface area contributed by atoms with Gasteiger partial charge in [0, 0.05) is 0 Å². The minimum atomic E-state index is -3.75. The van der Waals surface area contributed by atoms with Crippen LogP contribution in [0.5, 0.6) is 11.5 Å². The number of rotatable bonds is 4. The number of carbonyl (C=O) groups excluding carboxylic acids is 1. The van der Waals surface area contributed by atoms with Gasteiger partial charge in [0.15, 0.2) is 6.10 Å². The van der Waals surface area contributed by atoms with E-state index in [4.69, 9.17) is 9.47 Å². The Kier molecular flexibility index (Phi) is 4.06. The number of nitrogens with one attached hydrogen (secondary N) is 2. The van der Waals surface area contributed by atoms with Gasteiger partial charge < -0.3 is 14.8 Å². The van der Waals surface area contributed by atoms with Crippen LogP contribution in [0.1, 0.15) is 6.92 Å². The number of anilines is 2. The zero-order valence-electron chi connectivity index (χ0n) is 13.1. The standard InChI is InChI=1S/C16H16N2O5S/c1-10-16(19)17-14-9-11(3-8-15(14)23-10)18-24(20,21)13-6-4-12(22-2)5-7-13/h3-10,18H,1-2H3,(H,17,19)/t10-/m0/s1. The third-order valence-electron chi connectivity index (χ3n) is 3.53. The Balaban J connectivity index is 1.85. The van der Waals surface area contributed by atoms with Crippen molar-refractivity contribution < 1.29 is 22.7 Å². The second-order valence-corrected chi connectivity index (χ2v) is 6.92. The van der Waals surface area contributed by atoms with Gasteiger partial charge in [-0.15, -0.1) is 0 Å². The van der Waals surface area contributed by atoms with E-state index in [1.54, 1.807) is 31.2 Å². The normalized spacial score (nSPS) is 16.6. The maximum absolute atomic E-state index is 12.4. The molecule has 0 unspecified atom stereocenters. The SMILES string of the molecule is COc1ccc(S(=O)(=O)Nc2ccc3c(c2)NC(=O)[C@H](C)O3)cc1. The molecule has 0 radical (unpaired) electrons. The van der Waals surface area contributed by atoms with E-state index >= 15 is 0 Å². The number of methoxy groups -OCH3 is 1. The van der Waals surface area contributed by atoms with Crippen LogP contribution in [-0.2, 0) is 14.8 Å². The number of hydrogen-bond donors (Lipinski definition) is 2. The third-order valence-corrected chi connectivity index (χ3v) is 4.93. The van der Waals surface area contributed by atoms with E-state index in [0.29, 0.717) is 22.9 Å². The van der Waals surface area contributed by atoms with Crippen molar-refractivity contribution in [3.05, 3.63) is 42.5 Å². The molecule has 0 aliphatic carbocycles. The maximum Gasteiger partial charge on any atom is 0.265 e. The average Bonchev–Trinajstić information content (AvgIpc) is 2.56. The minimum Gasteiger partial charge on any atom is -0.497 e. The monoisotopic (exact) mass is 348 g/mol. The molecule has 126 valence electrons. The molecule has 1 amide bonds. The fourth-order valence-corrected chi connectivity index (χ4v) is 3.29. The summed E-state index contributed by atoms with van der Waals surface area (Å²) < 4.78 is 37.8. The largest absolute Gasteiger partial charge is 0.497 e. The van der Waals surface area contributed by atoms with Gasteiger partial charge in [0.1, 0.15) is 11.5 Å². The van der Waals surface area contributed by atoms with Gasteiger partial charge in [0.05, 0.1) is 23.4 Å². The summed E-state index contributed by atoms with van der Waals surface area (Å²) in [5.74, 6) is 0.781. The summed E-state index contributed by atoms with van der Waals surface area (Å²) in [6, 6.07) is 10.7. The molecule has 1 aliphatic rings. The predicted molar refractivity (Wildman–Crippen MR) is 89.0 cm³/mol. The quantitative estimate of drug-likeness (QED) is 0.883. The molecule has 7 nitrogen and oxygen atoms in total. The van der Waals surface area contributed by atoms with Gasteiger partial charge in [-0.1, -0.05) is 0 Å². The number of fused-ring (bicyclic) bond motifs is 1. The number of benzene rings is 2. The van der Waals surface area contributed by atoms with Gasteiger partial charge in [-0.3, -0.25) is 9.52 Å². The number of hydrogen-bond acceptors (Lipinski definition) is 5. The van der Waals surface area contributed by atoms with Crippen molar-refractivity contribution in [2.24, 2.45) is 0 Å². The number of sulfonamides is 1. The van der Waals surface area contributed by atoms with Crippen LogP contribution in [0.2, 0.25) is 0 Å². The van der Waals surface area contributed by atoms with E-state index in [-0.39, 0.29) is 10.8 Å². The van der Waals surface area contributed by atoms with Crippen LogP contribution in [0, 0.1) is 0 Å². The van der Waals surface area contributed by atoms with E-state index in [1.165, 1.54) is 25.3 Å². The van der Waals surface area contributed by atoms with Gasteiger partial charge in [-0.25, -0.2) is 8.42 Å². The second-order valence-electron chi connectivity index (χ2n) is 5.24. The van der Waals surface area contributed by atoms with Crippen LogP contribution < -0.4 is 19.5 Å². The Labute approximate surface area is 139 Å².